The van der Waals surface area contributed by atoms with Crippen LogP contribution in [0.2, 0.25) is 5.02 Å². The van der Waals surface area contributed by atoms with E-state index in [0.717, 1.165) is 22.5 Å². The highest BCUT2D eigenvalue weighted by Crippen LogP contribution is 2.33. The number of nitrogens with zero attached hydrogens (tertiary/aromatic N) is 1. The van der Waals surface area contributed by atoms with Gasteiger partial charge < -0.3 is 5.32 Å². The van der Waals surface area contributed by atoms with Gasteiger partial charge >= 0.3 is 0 Å². The summed E-state index contributed by atoms with van der Waals surface area (Å²) >= 11 is 9.37. The molecule has 0 fully saturated rings. The summed E-state index contributed by atoms with van der Waals surface area (Å²) < 4.78 is 1.06. The van der Waals surface area contributed by atoms with E-state index in [-0.39, 0.29) is 0 Å². The van der Waals surface area contributed by atoms with Gasteiger partial charge in [0.15, 0.2) is 4.34 Å². The Balaban J connectivity index is 2.19. The summed E-state index contributed by atoms with van der Waals surface area (Å²) in [6.45, 7) is 3.89. The first kappa shape index (κ1) is 12.9. The molecule has 1 heterocycles. The Labute approximate surface area is 114 Å². The maximum atomic E-state index is 6.03. The normalized spacial score (nSPS) is 10.7. The summed E-state index contributed by atoms with van der Waals surface area (Å²) in [5, 5.41) is 6.09. The van der Waals surface area contributed by atoms with Crippen LogP contribution in [0.3, 0.4) is 0 Å². The third-order valence-corrected chi connectivity index (χ3v) is 4.43. The van der Waals surface area contributed by atoms with Crippen LogP contribution in [-0.4, -0.2) is 11.5 Å². The van der Waals surface area contributed by atoms with E-state index in [1.807, 2.05) is 23.7 Å². The van der Waals surface area contributed by atoms with Gasteiger partial charge in [0.05, 0.1) is 0 Å². The zero-order valence-electron chi connectivity index (χ0n) is 9.44. The molecular formula is C12H13ClN2S2. The third kappa shape index (κ3) is 3.71. The van der Waals surface area contributed by atoms with Crippen LogP contribution in [0, 0.1) is 0 Å². The van der Waals surface area contributed by atoms with Crippen molar-refractivity contribution in [3.8, 4) is 0 Å². The van der Waals surface area contributed by atoms with E-state index < -0.39 is 0 Å². The minimum absolute atomic E-state index is 0.779. The zero-order chi connectivity index (χ0) is 12.1. The summed E-state index contributed by atoms with van der Waals surface area (Å²) in [4.78, 5) is 5.50. The van der Waals surface area contributed by atoms with Gasteiger partial charge in [-0.3, -0.25) is 0 Å². The molecular weight excluding hydrogens is 272 g/mol. The van der Waals surface area contributed by atoms with E-state index in [4.69, 9.17) is 11.6 Å². The highest BCUT2D eigenvalue weighted by Gasteiger charge is 2.06. The number of benzene rings is 1. The molecule has 0 saturated heterocycles. The van der Waals surface area contributed by atoms with Gasteiger partial charge in [0, 0.05) is 28.0 Å². The summed E-state index contributed by atoms with van der Waals surface area (Å²) in [7, 11) is 0. The minimum atomic E-state index is 0.779. The number of hydrogen-bond acceptors (Lipinski definition) is 4. The number of rotatable bonds is 5. The van der Waals surface area contributed by atoms with Gasteiger partial charge in [-0.15, -0.1) is 11.3 Å². The van der Waals surface area contributed by atoms with Crippen molar-refractivity contribution in [1.29, 1.82) is 0 Å². The van der Waals surface area contributed by atoms with E-state index in [2.05, 4.69) is 23.3 Å². The van der Waals surface area contributed by atoms with Crippen molar-refractivity contribution >= 4 is 34.7 Å². The van der Waals surface area contributed by atoms with Crippen molar-refractivity contribution in [2.45, 2.75) is 22.7 Å². The van der Waals surface area contributed by atoms with Gasteiger partial charge in [-0.25, -0.2) is 4.98 Å². The van der Waals surface area contributed by atoms with Crippen LogP contribution in [-0.2, 0) is 6.54 Å². The first-order valence-corrected chi connectivity index (χ1v) is 7.43. The average molecular weight is 285 g/mol. The Kier molecular flexibility index (Phi) is 4.86. The molecule has 1 N–H and O–H groups in total. The van der Waals surface area contributed by atoms with Crippen LogP contribution in [0.15, 0.2) is 39.0 Å². The first-order chi connectivity index (χ1) is 8.29. The van der Waals surface area contributed by atoms with Gasteiger partial charge in [0.25, 0.3) is 0 Å². The van der Waals surface area contributed by atoms with Crippen LogP contribution in [0.1, 0.15) is 12.5 Å². The molecule has 90 valence electrons. The Hall–Kier alpha value is -0.550. The van der Waals surface area contributed by atoms with Crippen LogP contribution < -0.4 is 5.32 Å². The smallest absolute Gasteiger partial charge is 0.154 e. The molecule has 1 aromatic heterocycles. The third-order valence-electron chi connectivity index (χ3n) is 2.19. The summed E-state index contributed by atoms with van der Waals surface area (Å²) in [5.74, 6) is 0. The monoisotopic (exact) mass is 284 g/mol. The molecule has 0 aliphatic heterocycles. The van der Waals surface area contributed by atoms with Crippen LogP contribution in [0.4, 0.5) is 0 Å². The highest BCUT2D eigenvalue weighted by atomic mass is 35.5. The summed E-state index contributed by atoms with van der Waals surface area (Å²) in [6.07, 6.45) is 1.83. The molecule has 1 aromatic carbocycles. The topological polar surface area (TPSA) is 24.9 Å². The van der Waals surface area contributed by atoms with E-state index in [0.29, 0.717) is 0 Å². The van der Waals surface area contributed by atoms with E-state index in [9.17, 15) is 0 Å². The average Bonchev–Trinajstić information content (AvgIpc) is 2.82. The Morgan fingerprint density at radius 1 is 1.47 bits per heavy atom. The van der Waals surface area contributed by atoms with Crippen LogP contribution >= 0.6 is 34.7 Å². The van der Waals surface area contributed by atoms with Gasteiger partial charge in [-0.05, 0) is 30.3 Å². The van der Waals surface area contributed by atoms with E-state index >= 15 is 0 Å². The Bertz CT molecular complexity index is 471. The second-order valence-corrected chi connectivity index (χ2v) is 6.05. The molecule has 0 amide bonds. The molecule has 0 unspecified atom stereocenters. The first-order valence-electron chi connectivity index (χ1n) is 5.36. The van der Waals surface area contributed by atoms with Crippen LogP contribution in [0.5, 0.6) is 0 Å². The van der Waals surface area contributed by atoms with Gasteiger partial charge in [0.2, 0.25) is 0 Å². The summed E-state index contributed by atoms with van der Waals surface area (Å²) in [5.41, 5.74) is 1.22. The quantitative estimate of drug-likeness (QED) is 0.896. The summed E-state index contributed by atoms with van der Waals surface area (Å²) in [6, 6.07) is 5.99. The fraction of sp³-hybridized carbons (Fsp3) is 0.250. The molecule has 0 spiro atoms. The lowest BCUT2D eigenvalue weighted by Crippen LogP contribution is -2.12. The van der Waals surface area contributed by atoms with Crippen molar-refractivity contribution in [3.63, 3.8) is 0 Å². The largest absolute Gasteiger partial charge is 0.313 e. The predicted molar refractivity (Wildman–Crippen MR) is 75.1 cm³/mol. The van der Waals surface area contributed by atoms with Crippen molar-refractivity contribution in [2.75, 3.05) is 6.54 Å². The molecule has 0 bridgehead atoms. The van der Waals surface area contributed by atoms with Crippen molar-refractivity contribution in [3.05, 3.63) is 40.4 Å². The molecule has 5 heteroatoms. The number of halogens is 1. The number of hydrogen-bond donors (Lipinski definition) is 1. The lowest BCUT2D eigenvalue weighted by Gasteiger charge is -2.08. The minimum Gasteiger partial charge on any atom is -0.313 e. The van der Waals surface area contributed by atoms with Gasteiger partial charge in [-0.1, -0.05) is 30.3 Å². The second kappa shape index (κ2) is 6.40. The number of thiazole rings is 1. The molecule has 0 saturated carbocycles. The van der Waals surface area contributed by atoms with Crippen molar-refractivity contribution < 1.29 is 0 Å². The maximum Gasteiger partial charge on any atom is 0.154 e. The van der Waals surface area contributed by atoms with Gasteiger partial charge in [-0.2, -0.15) is 0 Å². The van der Waals surface area contributed by atoms with Crippen molar-refractivity contribution in [2.24, 2.45) is 0 Å². The fourth-order valence-electron chi connectivity index (χ4n) is 1.40. The fourth-order valence-corrected chi connectivity index (χ4v) is 3.28. The molecule has 17 heavy (non-hydrogen) atoms. The van der Waals surface area contributed by atoms with E-state index in [1.54, 1.807) is 23.1 Å². The van der Waals surface area contributed by atoms with E-state index in [1.165, 1.54) is 10.5 Å². The molecule has 0 aliphatic rings. The number of nitrogens with one attached hydrogen (secondary N) is 1. The second-order valence-electron chi connectivity index (χ2n) is 3.43. The lowest BCUT2D eigenvalue weighted by molar-refractivity contribution is 0.718. The zero-order valence-corrected chi connectivity index (χ0v) is 11.8. The predicted octanol–water partition coefficient (Wildman–Crippen LogP) is 4.06. The molecule has 0 aliphatic carbocycles. The van der Waals surface area contributed by atoms with Gasteiger partial charge in [0.1, 0.15) is 0 Å². The SMILES string of the molecule is CCNCc1cc(Cl)ccc1Sc1nccs1. The Morgan fingerprint density at radius 3 is 3.06 bits per heavy atom. The number of aromatic nitrogens is 1. The lowest BCUT2D eigenvalue weighted by atomic mass is 10.2. The van der Waals surface area contributed by atoms with Crippen molar-refractivity contribution in [1.82, 2.24) is 10.3 Å². The highest BCUT2D eigenvalue weighted by molar-refractivity contribution is 8.01. The standard InChI is InChI=1S/C12H13ClN2S2/c1-2-14-8-9-7-10(13)3-4-11(9)17-12-15-5-6-16-12/h3-7,14H,2,8H2,1H3. The molecule has 2 aromatic rings. The molecule has 2 rings (SSSR count). The molecule has 0 radical (unpaired) electrons. The van der Waals surface area contributed by atoms with Crippen LogP contribution in [0.25, 0.3) is 0 Å². The molecule has 0 atom stereocenters. The maximum absolute atomic E-state index is 6.03. The molecule has 2 nitrogen and oxygen atoms in total. The Morgan fingerprint density at radius 2 is 2.35 bits per heavy atom.